The number of thiophene rings is 1. The summed E-state index contributed by atoms with van der Waals surface area (Å²) in [4.78, 5) is 13.9. The maximum absolute atomic E-state index is 11.4. The Morgan fingerprint density at radius 3 is 2.94 bits per heavy atom. The van der Waals surface area contributed by atoms with Gasteiger partial charge in [0.25, 0.3) is 0 Å². The number of rotatable bonds is 2. The zero-order chi connectivity index (χ0) is 12.6. The first-order valence-corrected chi connectivity index (χ1v) is 6.19. The molecule has 0 aliphatic carbocycles. The van der Waals surface area contributed by atoms with Crippen molar-refractivity contribution < 1.29 is 14.6 Å². The molecule has 5 nitrogen and oxygen atoms in total. The van der Waals surface area contributed by atoms with E-state index in [1.165, 1.54) is 18.4 Å². The Morgan fingerprint density at radius 1 is 1.71 bits per heavy atom. The van der Waals surface area contributed by atoms with Gasteiger partial charge in [0.15, 0.2) is 0 Å². The minimum absolute atomic E-state index is 0.412. The number of β-amino-alcohol motifs (C(OH)–C–C–N with tert-alkyl or cyclic N) is 1. The van der Waals surface area contributed by atoms with Crippen molar-refractivity contribution in [2.75, 3.05) is 30.8 Å². The molecule has 94 valence electrons. The van der Waals surface area contributed by atoms with E-state index in [-0.39, 0.29) is 0 Å². The largest absolute Gasteiger partial charge is 0.465 e. The van der Waals surface area contributed by atoms with Crippen molar-refractivity contribution in [3.05, 3.63) is 10.9 Å². The standard InChI is InChI=1S/C11H16N2O3S/c1-11(15)3-4-13(6-11)8-5-7(12)9(17-8)10(14)16-2/h5,15H,3-4,6,12H2,1-2H3. The van der Waals surface area contributed by atoms with E-state index in [1.807, 2.05) is 11.8 Å². The Morgan fingerprint density at radius 2 is 2.41 bits per heavy atom. The first-order valence-electron chi connectivity index (χ1n) is 5.38. The molecule has 1 fully saturated rings. The summed E-state index contributed by atoms with van der Waals surface area (Å²) in [6.45, 7) is 3.15. The molecule has 0 saturated carbocycles. The van der Waals surface area contributed by atoms with E-state index in [2.05, 4.69) is 4.74 Å². The monoisotopic (exact) mass is 256 g/mol. The van der Waals surface area contributed by atoms with Gasteiger partial charge in [0.05, 0.1) is 23.4 Å². The third kappa shape index (κ3) is 2.37. The number of carbonyl (C=O) groups is 1. The van der Waals surface area contributed by atoms with Gasteiger partial charge in [-0.05, 0) is 19.4 Å². The summed E-state index contributed by atoms with van der Waals surface area (Å²) in [6, 6.07) is 1.76. The molecule has 17 heavy (non-hydrogen) atoms. The number of aliphatic hydroxyl groups is 1. The van der Waals surface area contributed by atoms with Crippen LogP contribution >= 0.6 is 11.3 Å². The quantitative estimate of drug-likeness (QED) is 0.774. The van der Waals surface area contributed by atoms with Gasteiger partial charge in [-0.2, -0.15) is 0 Å². The lowest BCUT2D eigenvalue weighted by atomic mass is 10.1. The molecular weight excluding hydrogens is 240 g/mol. The van der Waals surface area contributed by atoms with E-state index in [0.29, 0.717) is 17.1 Å². The number of methoxy groups -OCH3 is 1. The molecule has 1 unspecified atom stereocenters. The number of carbonyl (C=O) groups excluding carboxylic acids is 1. The average Bonchev–Trinajstić information content (AvgIpc) is 2.80. The molecule has 2 heterocycles. The fraction of sp³-hybridized carbons (Fsp3) is 0.545. The summed E-state index contributed by atoms with van der Waals surface area (Å²) in [5.74, 6) is -0.412. The lowest BCUT2D eigenvalue weighted by molar-refractivity contribution is 0.0607. The molecule has 1 atom stereocenters. The molecule has 0 spiro atoms. The summed E-state index contributed by atoms with van der Waals surface area (Å²) in [5, 5.41) is 10.8. The highest BCUT2D eigenvalue weighted by atomic mass is 32.1. The van der Waals surface area contributed by atoms with Crippen molar-refractivity contribution >= 4 is 28.0 Å². The highest BCUT2D eigenvalue weighted by Crippen LogP contribution is 2.36. The number of esters is 1. The van der Waals surface area contributed by atoms with Crippen LogP contribution < -0.4 is 10.6 Å². The number of nitrogens with two attached hydrogens (primary N) is 1. The molecule has 0 aromatic carbocycles. The summed E-state index contributed by atoms with van der Waals surface area (Å²) in [5.41, 5.74) is 5.54. The third-order valence-corrected chi connectivity index (χ3v) is 4.07. The number of anilines is 2. The van der Waals surface area contributed by atoms with E-state index < -0.39 is 11.6 Å². The minimum atomic E-state index is -0.663. The number of nitrogens with zero attached hydrogens (tertiary/aromatic N) is 1. The van der Waals surface area contributed by atoms with Crippen LogP contribution in [0.4, 0.5) is 10.7 Å². The summed E-state index contributed by atoms with van der Waals surface area (Å²) in [7, 11) is 1.34. The number of hydrogen-bond donors (Lipinski definition) is 2. The fourth-order valence-corrected chi connectivity index (χ4v) is 2.96. The minimum Gasteiger partial charge on any atom is -0.465 e. The highest BCUT2D eigenvalue weighted by Gasteiger charge is 2.32. The molecule has 2 rings (SSSR count). The first-order chi connectivity index (χ1) is 7.93. The van der Waals surface area contributed by atoms with Gasteiger partial charge in [-0.25, -0.2) is 4.79 Å². The fourth-order valence-electron chi connectivity index (χ4n) is 1.93. The highest BCUT2D eigenvalue weighted by molar-refractivity contribution is 7.18. The second-order valence-electron chi connectivity index (χ2n) is 4.53. The molecule has 0 amide bonds. The molecule has 3 N–H and O–H groups in total. The van der Waals surface area contributed by atoms with Crippen LogP contribution in [0, 0.1) is 0 Å². The van der Waals surface area contributed by atoms with Crippen LogP contribution in [0.1, 0.15) is 23.0 Å². The van der Waals surface area contributed by atoms with Gasteiger partial charge in [0.2, 0.25) is 0 Å². The van der Waals surface area contributed by atoms with Crippen molar-refractivity contribution in [1.29, 1.82) is 0 Å². The van der Waals surface area contributed by atoms with E-state index in [0.717, 1.165) is 18.0 Å². The second-order valence-corrected chi connectivity index (χ2v) is 5.56. The zero-order valence-electron chi connectivity index (χ0n) is 9.90. The van der Waals surface area contributed by atoms with E-state index in [1.54, 1.807) is 6.07 Å². The lowest BCUT2D eigenvalue weighted by Crippen LogP contribution is -2.29. The summed E-state index contributed by atoms with van der Waals surface area (Å²) in [6.07, 6.45) is 0.721. The molecule has 6 heteroatoms. The van der Waals surface area contributed by atoms with Crippen LogP contribution in [0.3, 0.4) is 0 Å². The molecule has 1 saturated heterocycles. The van der Waals surface area contributed by atoms with E-state index >= 15 is 0 Å². The topological polar surface area (TPSA) is 75.8 Å². The zero-order valence-corrected chi connectivity index (χ0v) is 10.7. The Hall–Kier alpha value is -1.27. The van der Waals surface area contributed by atoms with Crippen molar-refractivity contribution in [1.82, 2.24) is 0 Å². The SMILES string of the molecule is COC(=O)c1sc(N2CCC(C)(O)C2)cc1N. The molecule has 1 aliphatic heterocycles. The van der Waals surface area contributed by atoms with Gasteiger partial charge in [-0.15, -0.1) is 11.3 Å². The van der Waals surface area contributed by atoms with Gasteiger partial charge in [0.1, 0.15) is 4.88 Å². The average molecular weight is 256 g/mol. The molecular formula is C11H16N2O3S. The van der Waals surface area contributed by atoms with Gasteiger partial charge in [-0.1, -0.05) is 0 Å². The lowest BCUT2D eigenvalue weighted by Gasteiger charge is -2.18. The van der Waals surface area contributed by atoms with Crippen LogP contribution in [0.25, 0.3) is 0 Å². The Bertz CT molecular complexity index is 442. The normalized spacial score (nSPS) is 24.1. The van der Waals surface area contributed by atoms with Crippen molar-refractivity contribution in [2.24, 2.45) is 0 Å². The van der Waals surface area contributed by atoms with E-state index in [4.69, 9.17) is 5.73 Å². The maximum atomic E-state index is 11.4. The van der Waals surface area contributed by atoms with Gasteiger partial charge in [-0.3, -0.25) is 0 Å². The Kier molecular flexibility index (Phi) is 3.01. The third-order valence-electron chi connectivity index (χ3n) is 2.88. The van der Waals surface area contributed by atoms with Gasteiger partial charge >= 0.3 is 5.97 Å². The smallest absolute Gasteiger partial charge is 0.350 e. The predicted molar refractivity (Wildman–Crippen MR) is 67.5 cm³/mol. The number of ether oxygens (including phenoxy) is 1. The van der Waals surface area contributed by atoms with Gasteiger partial charge in [0, 0.05) is 13.1 Å². The summed E-state index contributed by atoms with van der Waals surface area (Å²) < 4.78 is 4.66. The van der Waals surface area contributed by atoms with Crippen molar-refractivity contribution in [2.45, 2.75) is 18.9 Å². The second kappa shape index (κ2) is 4.19. The predicted octanol–water partition coefficient (Wildman–Crippen LogP) is 1.08. The molecule has 0 bridgehead atoms. The van der Waals surface area contributed by atoms with Crippen molar-refractivity contribution in [3.63, 3.8) is 0 Å². The van der Waals surface area contributed by atoms with Crippen LogP contribution in [-0.4, -0.2) is 36.9 Å². The van der Waals surface area contributed by atoms with Crippen LogP contribution in [0.15, 0.2) is 6.07 Å². The van der Waals surface area contributed by atoms with Gasteiger partial charge < -0.3 is 20.5 Å². The Labute approximate surface area is 104 Å². The molecule has 1 aromatic heterocycles. The van der Waals surface area contributed by atoms with Crippen LogP contribution in [-0.2, 0) is 4.74 Å². The van der Waals surface area contributed by atoms with Crippen molar-refractivity contribution in [3.8, 4) is 0 Å². The number of nitrogen functional groups attached to an aromatic ring is 1. The Balaban J connectivity index is 2.21. The summed E-state index contributed by atoms with van der Waals surface area (Å²) >= 11 is 1.31. The van der Waals surface area contributed by atoms with E-state index in [9.17, 15) is 9.90 Å². The molecule has 1 aromatic rings. The van der Waals surface area contributed by atoms with Crippen LogP contribution in [0.5, 0.6) is 0 Å². The number of hydrogen-bond acceptors (Lipinski definition) is 6. The maximum Gasteiger partial charge on any atom is 0.350 e. The molecule has 1 aliphatic rings. The first kappa shape index (κ1) is 12.2. The molecule has 0 radical (unpaired) electrons. The van der Waals surface area contributed by atoms with Crippen LogP contribution in [0.2, 0.25) is 0 Å².